The number of ketones is 1. The fourth-order valence-electron chi connectivity index (χ4n) is 2.40. The van der Waals surface area contributed by atoms with Gasteiger partial charge in [-0.1, -0.05) is 48.5 Å². The number of aromatic nitrogens is 1. The number of H-pyrrole nitrogens is 1. The lowest BCUT2D eigenvalue weighted by atomic mass is 10.0. The molecule has 0 atom stereocenters. The third kappa shape index (κ3) is 2.28. The van der Waals surface area contributed by atoms with Gasteiger partial charge < -0.3 is 4.98 Å². The molecule has 98 valence electrons. The Labute approximate surface area is 117 Å². The van der Waals surface area contributed by atoms with Crippen LogP contribution in [0.2, 0.25) is 0 Å². The monoisotopic (exact) mass is 261 g/mol. The molecule has 0 saturated carbocycles. The van der Waals surface area contributed by atoms with Gasteiger partial charge in [0.05, 0.1) is 0 Å². The van der Waals surface area contributed by atoms with Crippen LogP contribution in [0.25, 0.3) is 28.1 Å². The Balaban J connectivity index is 2.26. The zero-order chi connectivity index (χ0) is 13.9. The minimum atomic E-state index is 0.0441. The summed E-state index contributed by atoms with van der Waals surface area (Å²) in [7, 11) is 0. The van der Waals surface area contributed by atoms with E-state index in [0.29, 0.717) is 0 Å². The zero-order valence-corrected chi connectivity index (χ0v) is 11.3. The van der Waals surface area contributed by atoms with Crippen molar-refractivity contribution in [3.63, 3.8) is 0 Å². The molecule has 3 rings (SSSR count). The highest BCUT2D eigenvalue weighted by molar-refractivity contribution is 6.01. The topological polar surface area (TPSA) is 32.9 Å². The van der Waals surface area contributed by atoms with Crippen molar-refractivity contribution in [3.05, 3.63) is 66.4 Å². The molecule has 3 aromatic rings. The van der Waals surface area contributed by atoms with E-state index in [1.165, 1.54) is 5.39 Å². The summed E-state index contributed by atoms with van der Waals surface area (Å²) in [4.78, 5) is 14.6. The third-order valence-corrected chi connectivity index (χ3v) is 3.28. The average Bonchev–Trinajstić information content (AvgIpc) is 2.84. The molecule has 1 aromatic heterocycles. The second kappa shape index (κ2) is 5.17. The fraction of sp³-hybridized carbons (Fsp3) is 0.0556. The van der Waals surface area contributed by atoms with Gasteiger partial charge in [0.25, 0.3) is 0 Å². The van der Waals surface area contributed by atoms with Gasteiger partial charge in [-0.05, 0) is 30.7 Å². The van der Waals surface area contributed by atoms with E-state index in [2.05, 4.69) is 23.2 Å². The summed E-state index contributed by atoms with van der Waals surface area (Å²) >= 11 is 0. The highest BCUT2D eigenvalue weighted by Gasteiger charge is 2.10. The minimum Gasteiger partial charge on any atom is -0.354 e. The first kappa shape index (κ1) is 12.4. The van der Waals surface area contributed by atoms with Gasteiger partial charge in [-0.15, -0.1) is 0 Å². The van der Waals surface area contributed by atoms with Gasteiger partial charge in [-0.3, -0.25) is 4.79 Å². The van der Waals surface area contributed by atoms with Gasteiger partial charge >= 0.3 is 0 Å². The summed E-state index contributed by atoms with van der Waals surface area (Å²) in [5.41, 5.74) is 4.33. The van der Waals surface area contributed by atoms with Crippen molar-refractivity contribution in [2.24, 2.45) is 0 Å². The zero-order valence-electron chi connectivity index (χ0n) is 11.3. The normalized spacial score (nSPS) is 11.2. The Hall–Kier alpha value is -2.61. The number of carbonyl (C=O) groups is 1. The Bertz CT molecular complexity index is 782. The summed E-state index contributed by atoms with van der Waals surface area (Å²) < 4.78 is 0. The SMILES string of the molecule is CC(=O)/C=C/c1[nH]c2ccccc2c1-c1ccccc1. The number of nitrogens with one attached hydrogen (secondary N) is 1. The van der Waals surface area contributed by atoms with E-state index in [4.69, 9.17) is 0 Å². The first-order valence-electron chi connectivity index (χ1n) is 6.60. The van der Waals surface area contributed by atoms with Crippen LogP contribution in [0, 0.1) is 0 Å². The molecule has 0 aliphatic heterocycles. The van der Waals surface area contributed by atoms with E-state index >= 15 is 0 Å². The predicted octanol–water partition coefficient (Wildman–Crippen LogP) is 4.44. The summed E-state index contributed by atoms with van der Waals surface area (Å²) in [6.45, 7) is 1.56. The van der Waals surface area contributed by atoms with Crippen LogP contribution in [-0.2, 0) is 4.79 Å². The Morgan fingerprint density at radius 3 is 2.45 bits per heavy atom. The number of carbonyl (C=O) groups excluding carboxylic acids is 1. The van der Waals surface area contributed by atoms with Crippen molar-refractivity contribution in [2.45, 2.75) is 6.92 Å². The second-order valence-corrected chi connectivity index (χ2v) is 4.77. The molecular formula is C18H15NO. The van der Waals surface area contributed by atoms with Gasteiger partial charge in [0.1, 0.15) is 0 Å². The molecule has 0 aliphatic rings. The standard InChI is InChI=1S/C18H15NO/c1-13(20)11-12-17-18(14-7-3-2-4-8-14)15-9-5-6-10-16(15)19-17/h2-12,19H,1H3/b12-11+. The lowest BCUT2D eigenvalue weighted by molar-refractivity contribution is -0.112. The minimum absolute atomic E-state index is 0.0441. The predicted molar refractivity (Wildman–Crippen MR) is 83.4 cm³/mol. The smallest absolute Gasteiger partial charge is 0.152 e. The van der Waals surface area contributed by atoms with Crippen LogP contribution < -0.4 is 0 Å². The first-order valence-corrected chi connectivity index (χ1v) is 6.60. The van der Waals surface area contributed by atoms with E-state index in [1.54, 1.807) is 13.0 Å². The van der Waals surface area contributed by atoms with Crippen molar-refractivity contribution in [1.82, 2.24) is 4.98 Å². The average molecular weight is 261 g/mol. The number of rotatable bonds is 3. The van der Waals surface area contributed by atoms with E-state index in [-0.39, 0.29) is 5.78 Å². The largest absolute Gasteiger partial charge is 0.354 e. The number of hydrogen-bond acceptors (Lipinski definition) is 1. The van der Waals surface area contributed by atoms with E-state index in [9.17, 15) is 4.79 Å². The Morgan fingerprint density at radius 2 is 1.70 bits per heavy atom. The van der Waals surface area contributed by atoms with Gasteiger partial charge in [-0.25, -0.2) is 0 Å². The van der Waals surface area contributed by atoms with Crippen LogP contribution in [0.4, 0.5) is 0 Å². The maximum atomic E-state index is 11.2. The molecule has 0 spiro atoms. The molecule has 0 amide bonds. The molecule has 20 heavy (non-hydrogen) atoms. The summed E-state index contributed by atoms with van der Waals surface area (Å²) in [5, 5.41) is 1.17. The molecule has 1 N–H and O–H groups in total. The molecular weight excluding hydrogens is 246 g/mol. The van der Waals surface area contributed by atoms with Crippen LogP contribution in [0.15, 0.2) is 60.7 Å². The maximum absolute atomic E-state index is 11.2. The Morgan fingerprint density at radius 1 is 1.00 bits per heavy atom. The number of benzene rings is 2. The molecule has 2 aromatic carbocycles. The third-order valence-electron chi connectivity index (χ3n) is 3.28. The van der Waals surface area contributed by atoms with E-state index in [1.807, 2.05) is 42.5 Å². The lowest BCUT2D eigenvalue weighted by Crippen LogP contribution is -1.83. The highest BCUT2D eigenvalue weighted by Crippen LogP contribution is 2.32. The molecule has 0 unspecified atom stereocenters. The van der Waals surface area contributed by atoms with E-state index < -0.39 is 0 Å². The maximum Gasteiger partial charge on any atom is 0.152 e. The highest BCUT2D eigenvalue weighted by atomic mass is 16.1. The number of aromatic amines is 1. The van der Waals surface area contributed by atoms with Crippen LogP contribution in [0.3, 0.4) is 0 Å². The summed E-state index contributed by atoms with van der Waals surface area (Å²) in [5.74, 6) is 0.0441. The molecule has 2 heteroatoms. The molecule has 0 radical (unpaired) electrons. The first-order chi connectivity index (χ1) is 9.75. The molecule has 0 saturated heterocycles. The summed E-state index contributed by atoms with van der Waals surface area (Å²) in [6.07, 6.45) is 3.45. The lowest BCUT2D eigenvalue weighted by Gasteiger charge is -2.01. The van der Waals surface area contributed by atoms with Crippen molar-refractivity contribution >= 4 is 22.8 Å². The Kier molecular flexibility index (Phi) is 3.21. The summed E-state index contributed by atoms with van der Waals surface area (Å²) in [6, 6.07) is 18.4. The molecule has 0 fully saturated rings. The fourth-order valence-corrected chi connectivity index (χ4v) is 2.40. The number of fused-ring (bicyclic) bond motifs is 1. The quantitative estimate of drug-likeness (QED) is 0.695. The van der Waals surface area contributed by atoms with Gasteiger partial charge in [0.2, 0.25) is 0 Å². The van der Waals surface area contributed by atoms with Crippen molar-refractivity contribution in [3.8, 4) is 11.1 Å². The molecule has 0 bridgehead atoms. The number of para-hydroxylation sites is 1. The van der Waals surface area contributed by atoms with Gasteiger partial charge in [0, 0.05) is 22.2 Å². The van der Waals surface area contributed by atoms with Crippen LogP contribution in [-0.4, -0.2) is 10.8 Å². The molecule has 1 heterocycles. The van der Waals surface area contributed by atoms with Crippen molar-refractivity contribution < 1.29 is 4.79 Å². The molecule has 2 nitrogen and oxygen atoms in total. The number of hydrogen-bond donors (Lipinski definition) is 1. The van der Waals surface area contributed by atoms with Gasteiger partial charge in [0.15, 0.2) is 5.78 Å². The molecule has 0 aliphatic carbocycles. The van der Waals surface area contributed by atoms with Crippen LogP contribution >= 0.6 is 0 Å². The van der Waals surface area contributed by atoms with Crippen molar-refractivity contribution in [1.29, 1.82) is 0 Å². The van der Waals surface area contributed by atoms with Gasteiger partial charge in [-0.2, -0.15) is 0 Å². The number of allylic oxidation sites excluding steroid dienone is 1. The van der Waals surface area contributed by atoms with Crippen LogP contribution in [0.1, 0.15) is 12.6 Å². The van der Waals surface area contributed by atoms with E-state index in [0.717, 1.165) is 22.3 Å². The van der Waals surface area contributed by atoms with Crippen LogP contribution in [0.5, 0.6) is 0 Å². The second-order valence-electron chi connectivity index (χ2n) is 4.77. The van der Waals surface area contributed by atoms with Crippen molar-refractivity contribution in [2.75, 3.05) is 0 Å².